The molecule has 5 aromatic rings. The van der Waals surface area contributed by atoms with Gasteiger partial charge in [-0.15, -0.1) is 10.2 Å². The van der Waals surface area contributed by atoms with Crippen molar-refractivity contribution in [2.45, 2.75) is 32.2 Å². The zero-order valence-corrected chi connectivity index (χ0v) is 17.6. The summed E-state index contributed by atoms with van der Waals surface area (Å²) < 4.78 is 2.23. The number of nitriles is 1. The van der Waals surface area contributed by atoms with E-state index in [2.05, 4.69) is 60.2 Å². The van der Waals surface area contributed by atoms with Gasteiger partial charge in [0.25, 0.3) is 0 Å². The minimum absolute atomic E-state index is 0.639. The molecule has 7 heteroatoms. The second-order valence-corrected chi connectivity index (χ2v) is 7.89. The molecule has 0 saturated carbocycles. The number of H-pyrrole nitrogens is 2. The topological polar surface area (TPSA) is 99.0 Å². The van der Waals surface area contributed by atoms with Gasteiger partial charge in [-0.05, 0) is 42.2 Å². The molecular formula is C25H23N7. The highest BCUT2D eigenvalue weighted by atomic mass is 15.3. The molecule has 3 heterocycles. The summed E-state index contributed by atoms with van der Waals surface area (Å²) in [7, 11) is 0. The molecular weight excluding hydrogens is 398 g/mol. The molecule has 0 aliphatic rings. The minimum atomic E-state index is 0.639. The molecule has 32 heavy (non-hydrogen) atoms. The molecule has 0 unspecified atom stereocenters. The van der Waals surface area contributed by atoms with Gasteiger partial charge in [0.2, 0.25) is 0 Å². The van der Waals surface area contributed by atoms with E-state index in [0.29, 0.717) is 18.4 Å². The summed E-state index contributed by atoms with van der Waals surface area (Å²) in [6.45, 7) is 0.816. The van der Waals surface area contributed by atoms with Crippen molar-refractivity contribution in [3.8, 4) is 6.07 Å². The van der Waals surface area contributed by atoms with Gasteiger partial charge in [-0.3, -0.25) is 0 Å². The van der Waals surface area contributed by atoms with Crippen LogP contribution < -0.4 is 0 Å². The van der Waals surface area contributed by atoms with E-state index in [1.807, 2.05) is 36.5 Å². The Balaban J connectivity index is 1.43. The Bertz CT molecular complexity index is 1370. The highest BCUT2D eigenvalue weighted by Gasteiger charge is 2.15. The van der Waals surface area contributed by atoms with Gasteiger partial charge in [-0.1, -0.05) is 30.3 Å². The number of para-hydroxylation sites is 1. The van der Waals surface area contributed by atoms with Crippen molar-refractivity contribution < 1.29 is 0 Å². The first kappa shape index (κ1) is 19.8. The normalized spacial score (nSPS) is 11.1. The largest absolute Gasteiger partial charge is 0.361 e. The molecule has 0 amide bonds. The maximum Gasteiger partial charge on any atom is 0.137 e. The quantitative estimate of drug-likeness (QED) is 0.393. The lowest BCUT2D eigenvalue weighted by Crippen LogP contribution is -2.10. The predicted molar refractivity (Wildman–Crippen MR) is 122 cm³/mol. The van der Waals surface area contributed by atoms with Crippen LogP contribution in [0.2, 0.25) is 0 Å². The van der Waals surface area contributed by atoms with Gasteiger partial charge >= 0.3 is 0 Å². The van der Waals surface area contributed by atoms with Gasteiger partial charge in [-0.2, -0.15) is 5.26 Å². The maximum absolute atomic E-state index is 9.23. The second-order valence-electron chi connectivity index (χ2n) is 7.89. The highest BCUT2D eigenvalue weighted by Crippen LogP contribution is 2.21. The Hall–Kier alpha value is -4.18. The van der Waals surface area contributed by atoms with Crippen LogP contribution in [0.1, 0.15) is 40.5 Å². The van der Waals surface area contributed by atoms with Gasteiger partial charge in [0.05, 0.1) is 18.0 Å². The molecule has 0 aliphatic carbocycles. The first-order valence-corrected chi connectivity index (χ1v) is 10.7. The smallest absolute Gasteiger partial charge is 0.137 e. The highest BCUT2D eigenvalue weighted by molar-refractivity contribution is 5.83. The lowest BCUT2D eigenvalue weighted by molar-refractivity contribution is 0.593. The Kier molecular flexibility index (Phi) is 5.50. The van der Waals surface area contributed by atoms with Crippen LogP contribution in [0.3, 0.4) is 0 Å². The first-order valence-electron chi connectivity index (χ1n) is 10.7. The molecule has 0 bridgehead atoms. The van der Waals surface area contributed by atoms with E-state index >= 15 is 0 Å². The Morgan fingerprint density at radius 3 is 2.69 bits per heavy atom. The van der Waals surface area contributed by atoms with E-state index in [1.165, 1.54) is 10.9 Å². The first-order chi connectivity index (χ1) is 15.8. The number of fused-ring (bicyclic) bond motifs is 1. The van der Waals surface area contributed by atoms with Crippen LogP contribution in [-0.4, -0.2) is 29.7 Å². The third kappa shape index (κ3) is 4.16. The fourth-order valence-electron chi connectivity index (χ4n) is 4.12. The van der Waals surface area contributed by atoms with Crippen molar-refractivity contribution in [2.75, 3.05) is 0 Å². The number of nitrogens with zero attached hydrogens (tertiary/aromatic N) is 5. The molecule has 2 N–H and O–H groups in total. The fourth-order valence-corrected chi connectivity index (χ4v) is 4.12. The lowest BCUT2D eigenvalue weighted by atomic mass is 10.1. The number of rotatable bonds is 8. The molecule has 0 fully saturated rings. The average Bonchev–Trinajstić information content (AvgIpc) is 3.57. The summed E-state index contributed by atoms with van der Waals surface area (Å²) in [6.07, 6.45) is 8.85. The van der Waals surface area contributed by atoms with Crippen molar-refractivity contribution in [3.63, 3.8) is 0 Å². The number of benzene rings is 2. The van der Waals surface area contributed by atoms with Crippen LogP contribution in [0, 0.1) is 11.3 Å². The average molecular weight is 422 g/mol. The molecule has 0 aliphatic heterocycles. The van der Waals surface area contributed by atoms with Crippen LogP contribution in [0.25, 0.3) is 10.9 Å². The van der Waals surface area contributed by atoms with Crippen molar-refractivity contribution in [1.82, 2.24) is 29.7 Å². The van der Waals surface area contributed by atoms with E-state index < -0.39 is 0 Å². The number of aryl methyl sites for hydroxylation is 1. The van der Waals surface area contributed by atoms with Gasteiger partial charge in [-0.25, -0.2) is 4.98 Å². The lowest BCUT2D eigenvalue weighted by Gasteiger charge is -2.11. The monoisotopic (exact) mass is 421 g/mol. The Labute approximate surface area is 185 Å². The van der Waals surface area contributed by atoms with E-state index in [-0.39, 0.29) is 0 Å². The van der Waals surface area contributed by atoms with E-state index in [9.17, 15) is 5.26 Å². The van der Waals surface area contributed by atoms with Crippen LogP contribution in [-0.2, 0) is 25.8 Å². The molecule has 5 rings (SSSR count). The van der Waals surface area contributed by atoms with Crippen molar-refractivity contribution in [1.29, 1.82) is 5.26 Å². The number of hydrogen-bond acceptors (Lipinski definition) is 4. The molecule has 3 aromatic heterocycles. The Morgan fingerprint density at radius 1 is 0.969 bits per heavy atom. The third-order valence-electron chi connectivity index (χ3n) is 5.73. The molecule has 2 aromatic carbocycles. The van der Waals surface area contributed by atoms with Gasteiger partial charge in [0, 0.05) is 48.4 Å². The Morgan fingerprint density at radius 2 is 1.84 bits per heavy atom. The molecule has 0 spiro atoms. The minimum Gasteiger partial charge on any atom is -0.361 e. The molecule has 158 valence electrons. The van der Waals surface area contributed by atoms with Crippen LogP contribution >= 0.6 is 0 Å². The van der Waals surface area contributed by atoms with Crippen molar-refractivity contribution >= 4 is 10.9 Å². The van der Waals surface area contributed by atoms with Crippen LogP contribution in [0.4, 0.5) is 0 Å². The number of imidazole rings is 1. The van der Waals surface area contributed by atoms with Gasteiger partial charge in [0.1, 0.15) is 11.6 Å². The number of nitrogens with one attached hydrogen (secondary N) is 2. The second kappa shape index (κ2) is 8.90. The van der Waals surface area contributed by atoms with Gasteiger partial charge in [0.15, 0.2) is 0 Å². The van der Waals surface area contributed by atoms with Crippen LogP contribution in [0.15, 0.2) is 67.3 Å². The number of hydrogen-bond donors (Lipinski definition) is 2. The standard InChI is InChI=1S/C25H23N7/c26-14-19-6-3-5-18(11-19)12-24-30-31-25(32(24)10-4-7-21-16-27-17-29-21)13-20-15-28-23-9-2-1-8-22(20)23/h1-3,5-6,8-9,11,15-17,28H,4,7,10,12-13H2,(H,27,29). The van der Waals surface area contributed by atoms with E-state index in [0.717, 1.165) is 47.8 Å². The SMILES string of the molecule is N#Cc1cccc(Cc2nnc(Cc3c[nH]c4ccccc34)n2CCCc2cnc[nH]2)c1. The molecule has 7 nitrogen and oxygen atoms in total. The molecule has 0 atom stereocenters. The van der Waals surface area contributed by atoms with Crippen molar-refractivity contribution in [2.24, 2.45) is 0 Å². The predicted octanol–water partition coefficient (Wildman–Crippen LogP) is 4.17. The maximum atomic E-state index is 9.23. The fraction of sp³-hybridized carbons (Fsp3) is 0.200. The summed E-state index contributed by atoms with van der Waals surface area (Å²) in [5.41, 5.74) is 5.18. The zero-order chi connectivity index (χ0) is 21.8. The zero-order valence-electron chi connectivity index (χ0n) is 17.6. The number of aromatic amines is 2. The number of aromatic nitrogens is 6. The van der Waals surface area contributed by atoms with E-state index in [4.69, 9.17) is 0 Å². The molecule has 0 radical (unpaired) electrons. The molecule has 0 saturated heterocycles. The summed E-state index contributed by atoms with van der Waals surface area (Å²) in [6, 6.07) is 18.2. The van der Waals surface area contributed by atoms with Gasteiger partial charge < -0.3 is 14.5 Å². The summed E-state index contributed by atoms with van der Waals surface area (Å²) in [5, 5.41) is 19.5. The summed E-state index contributed by atoms with van der Waals surface area (Å²) >= 11 is 0. The van der Waals surface area contributed by atoms with Crippen LogP contribution in [0.5, 0.6) is 0 Å². The third-order valence-corrected chi connectivity index (χ3v) is 5.73. The van der Waals surface area contributed by atoms with Crippen molar-refractivity contribution in [3.05, 3.63) is 101 Å². The van der Waals surface area contributed by atoms with E-state index in [1.54, 1.807) is 6.33 Å². The summed E-state index contributed by atoms with van der Waals surface area (Å²) in [4.78, 5) is 10.6. The summed E-state index contributed by atoms with van der Waals surface area (Å²) in [5.74, 6) is 1.87.